The van der Waals surface area contributed by atoms with Crippen molar-refractivity contribution in [3.63, 3.8) is 0 Å². The molecular weight excluding hydrogens is 236 g/mol. The Hall–Kier alpha value is -2.29. The van der Waals surface area contributed by atoms with Crippen LogP contribution in [0.3, 0.4) is 0 Å². The van der Waals surface area contributed by atoms with Gasteiger partial charge in [0.2, 0.25) is 0 Å². The van der Waals surface area contributed by atoms with Crippen LogP contribution in [0.2, 0.25) is 0 Å². The van der Waals surface area contributed by atoms with Crippen molar-refractivity contribution in [3.05, 3.63) is 53.1 Å². The van der Waals surface area contributed by atoms with Crippen LogP contribution in [-0.4, -0.2) is 5.78 Å². The lowest BCUT2D eigenvalue weighted by Gasteiger charge is -2.10. The van der Waals surface area contributed by atoms with Gasteiger partial charge in [-0.05, 0) is 62.2 Å². The first-order chi connectivity index (χ1) is 8.95. The second-order valence-electron chi connectivity index (χ2n) is 4.86. The Morgan fingerprint density at radius 3 is 2.16 bits per heavy atom. The standard InChI is InChI=1S/C16H18N2O/c1-10-6-11(2)8-14(7-10)18-13-4-5-15(12(3)19)16(17)9-13/h4-9,18H,17H2,1-3H3. The highest BCUT2D eigenvalue weighted by atomic mass is 16.1. The molecule has 98 valence electrons. The van der Waals surface area contributed by atoms with E-state index in [4.69, 9.17) is 5.73 Å². The molecule has 0 saturated carbocycles. The first-order valence-electron chi connectivity index (χ1n) is 6.21. The first kappa shape index (κ1) is 13.1. The Morgan fingerprint density at radius 2 is 1.63 bits per heavy atom. The molecule has 3 N–H and O–H groups in total. The van der Waals surface area contributed by atoms with E-state index in [2.05, 4.69) is 37.4 Å². The summed E-state index contributed by atoms with van der Waals surface area (Å²) in [7, 11) is 0. The maximum atomic E-state index is 11.3. The maximum Gasteiger partial charge on any atom is 0.161 e. The van der Waals surface area contributed by atoms with Gasteiger partial charge in [0.05, 0.1) is 0 Å². The predicted octanol–water partition coefficient (Wildman–Crippen LogP) is 3.83. The molecule has 0 bridgehead atoms. The Morgan fingerprint density at radius 1 is 1.00 bits per heavy atom. The van der Waals surface area contributed by atoms with E-state index < -0.39 is 0 Å². The van der Waals surface area contributed by atoms with Crippen LogP contribution in [0.15, 0.2) is 36.4 Å². The molecule has 0 unspecified atom stereocenters. The number of aryl methyl sites for hydroxylation is 2. The molecule has 0 spiro atoms. The second-order valence-corrected chi connectivity index (χ2v) is 4.86. The van der Waals surface area contributed by atoms with Gasteiger partial charge in [-0.15, -0.1) is 0 Å². The minimum absolute atomic E-state index is 0.0181. The van der Waals surface area contributed by atoms with Crippen LogP contribution in [0.25, 0.3) is 0 Å². The lowest BCUT2D eigenvalue weighted by molar-refractivity contribution is 0.101. The fourth-order valence-corrected chi connectivity index (χ4v) is 2.17. The molecule has 0 saturated heterocycles. The van der Waals surface area contributed by atoms with Crippen molar-refractivity contribution >= 4 is 22.8 Å². The zero-order chi connectivity index (χ0) is 14.0. The predicted molar refractivity (Wildman–Crippen MR) is 80.1 cm³/mol. The fraction of sp³-hybridized carbons (Fsp3) is 0.188. The van der Waals surface area contributed by atoms with Gasteiger partial charge in [0.15, 0.2) is 5.78 Å². The largest absolute Gasteiger partial charge is 0.398 e. The minimum atomic E-state index is -0.0181. The van der Waals surface area contributed by atoms with E-state index in [1.165, 1.54) is 18.1 Å². The number of rotatable bonds is 3. The zero-order valence-corrected chi connectivity index (χ0v) is 11.4. The molecule has 0 aromatic heterocycles. The van der Waals surface area contributed by atoms with Crippen LogP contribution in [0.5, 0.6) is 0 Å². The number of carbonyl (C=O) groups excluding carboxylic acids is 1. The number of ketones is 1. The molecule has 0 heterocycles. The van der Waals surface area contributed by atoms with Gasteiger partial charge >= 0.3 is 0 Å². The third-order valence-corrected chi connectivity index (χ3v) is 2.94. The third kappa shape index (κ3) is 3.13. The van der Waals surface area contributed by atoms with Gasteiger partial charge in [0, 0.05) is 22.6 Å². The summed E-state index contributed by atoms with van der Waals surface area (Å²) in [6, 6.07) is 11.7. The highest BCUT2D eigenvalue weighted by Gasteiger charge is 2.05. The van der Waals surface area contributed by atoms with Crippen molar-refractivity contribution in [2.75, 3.05) is 11.1 Å². The van der Waals surface area contributed by atoms with Gasteiger partial charge in [-0.2, -0.15) is 0 Å². The number of nitrogens with two attached hydrogens (primary N) is 1. The van der Waals surface area contributed by atoms with Crippen LogP contribution >= 0.6 is 0 Å². The molecule has 0 amide bonds. The summed E-state index contributed by atoms with van der Waals surface area (Å²) in [5, 5.41) is 3.30. The number of benzene rings is 2. The van der Waals surface area contributed by atoms with Crippen LogP contribution in [0.4, 0.5) is 17.1 Å². The Labute approximate surface area is 113 Å². The Balaban J connectivity index is 2.28. The average molecular weight is 254 g/mol. The van der Waals surface area contributed by atoms with Gasteiger partial charge in [-0.25, -0.2) is 0 Å². The van der Waals surface area contributed by atoms with Crippen molar-refractivity contribution in [2.24, 2.45) is 0 Å². The highest BCUT2D eigenvalue weighted by molar-refractivity contribution is 5.99. The molecular formula is C16H18N2O. The molecule has 0 aliphatic carbocycles. The number of nitrogens with one attached hydrogen (secondary N) is 1. The molecule has 3 heteroatoms. The molecule has 0 aliphatic heterocycles. The normalized spacial score (nSPS) is 10.3. The monoisotopic (exact) mass is 254 g/mol. The van der Waals surface area contributed by atoms with E-state index in [9.17, 15) is 4.79 Å². The van der Waals surface area contributed by atoms with E-state index in [0.29, 0.717) is 11.3 Å². The number of anilines is 3. The Bertz CT molecular complexity index is 612. The molecule has 0 atom stereocenters. The topological polar surface area (TPSA) is 55.1 Å². The van der Waals surface area contributed by atoms with Crippen molar-refractivity contribution in [3.8, 4) is 0 Å². The summed E-state index contributed by atoms with van der Waals surface area (Å²) in [5.74, 6) is -0.0181. The molecule has 2 rings (SSSR count). The molecule has 2 aromatic rings. The van der Waals surface area contributed by atoms with Gasteiger partial charge in [0.25, 0.3) is 0 Å². The molecule has 0 radical (unpaired) electrons. The Kier molecular flexibility index (Phi) is 3.56. The van der Waals surface area contributed by atoms with E-state index in [-0.39, 0.29) is 5.78 Å². The first-order valence-corrected chi connectivity index (χ1v) is 6.21. The van der Waals surface area contributed by atoms with Crippen LogP contribution in [0, 0.1) is 13.8 Å². The lowest BCUT2D eigenvalue weighted by Crippen LogP contribution is -2.01. The SMILES string of the molecule is CC(=O)c1ccc(Nc2cc(C)cc(C)c2)cc1N. The van der Waals surface area contributed by atoms with Crippen molar-refractivity contribution in [1.29, 1.82) is 0 Å². The van der Waals surface area contributed by atoms with Gasteiger partial charge in [0.1, 0.15) is 0 Å². The number of Topliss-reactive ketones (excluding diaryl/α,β-unsaturated/α-hetero) is 1. The minimum Gasteiger partial charge on any atom is -0.398 e. The molecule has 3 nitrogen and oxygen atoms in total. The smallest absolute Gasteiger partial charge is 0.161 e. The summed E-state index contributed by atoms with van der Waals surface area (Å²) in [4.78, 5) is 11.3. The van der Waals surface area contributed by atoms with E-state index in [0.717, 1.165) is 11.4 Å². The van der Waals surface area contributed by atoms with Gasteiger partial charge in [-0.1, -0.05) is 6.07 Å². The molecule has 19 heavy (non-hydrogen) atoms. The summed E-state index contributed by atoms with van der Waals surface area (Å²) >= 11 is 0. The average Bonchev–Trinajstić information content (AvgIpc) is 2.26. The van der Waals surface area contributed by atoms with E-state index >= 15 is 0 Å². The van der Waals surface area contributed by atoms with Crippen molar-refractivity contribution < 1.29 is 4.79 Å². The summed E-state index contributed by atoms with van der Waals surface area (Å²) in [5.41, 5.74) is 11.2. The van der Waals surface area contributed by atoms with Crippen LogP contribution in [0.1, 0.15) is 28.4 Å². The number of nitrogen functional groups attached to an aromatic ring is 1. The van der Waals surface area contributed by atoms with Crippen molar-refractivity contribution in [2.45, 2.75) is 20.8 Å². The zero-order valence-electron chi connectivity index (χ0n) is 11.4. The van der Waals surface area contributed by atoms with Crippen LogP contribution < -0.4 is 11.1 Å². The molecule has 0 fully saturated rings. The summed E-state index contributed by atoms with van der Waals surface area (Å²) in [6.07, 6.45) is 0. The summed E-state index contributed by atoms with van der Waals surface area (Å²) in [6.45, 7) is 5.64. The fourth-order valence-electron chi connectivity index (χ4n) is 2.17. The van der Waals surface area contributed by atoms with Crippen LogP contribution in [-0.2, 0) is 0 Å². The van der Waals surface area contributed by atoms with Crippen molar-refractivity contribution in [1.82, 2.24) is 0 Å². The molecule has 0 aliphatic rings. The lowest BCUT2D eigenvalue weighted by atomic mass is 10.1. The van der Waals surface area contributed by atoms with E-state index in [1.807, 2.05) is 6.07 Å². The van der Waals surface area contributed by atoms with E-state index in [1.54, 1.807) is 12.1 Å². The van der Waals surface area contributed by atoms with Gasteiger partial charge in [-0.3, -0.25) is 4.79 Å². The second kappa shape index (κ2) is 5.14. The third-order valence-electron chi connectivity index (χ3n) is 2.94. The quantitative estimate of drug-likeness (QED) is 0.646. The summed E-state index contributed by atoms with van der Waals surface area (Å²) < 4.78 is 0. The number of hydrogen-bond donors (Lipinski definition) is 2. The highest BCUT2D eigenvalue weighted by Crippen LogP contribution is 2.23. The number of carbonyl (C=O) groups is 1. The number of hydrogen-bond acceptors (Lipinski definition) is 3. The van der Waals surface area contributed by atoms with Gasteiger partial charge < -0.3 is 11.1 Å². The maximum absolute atomic E-state index is 11.3. The molecule has 2 aromatic carbocycles.